The van der Waals surface area contributed by atoms with E-state index in [-0.39, 0.29) is 15.6 Å². The molecule has 3 N–H and O–H groups in total. The average molecular weight is 291 g/mol. The van der Waals surface area contributed by atoms with Gasteiger partial charge in [0.05, 0.1) is 5.56 Å². The normalized spacial score (nSPS) is 9.67. The van der Waals surface area contributed by atoms with E-state index in [2.05, 4.69) is 4.74 Å². The number of halogens is 2. The summed E-state index contributed by atoms with van der Waals surface area (Å²) in [5.74, 6) is -1.62. The van der Waals surface area contributed by atoms with Crippen molar-refractivity contribution in [1.29, 1.82) is 0 Å². The number of nitrogens with one attached hydrogen (secondary N) is 1. The second kappa shape index (κ2) is 6.23. The molecule has 0 bridgehead atoms. The van der Waals surface area contributed by atoms with E-state index in [9.17, 15) is 14.4 Å². The summed E-state index contributed by atoms with van der Waals surface area (Å²) in [5, 5.41) is 2.26. The van der Waals surface area contributed by atoms with Crippen LogP contribution in [0.2, 0.25) is 10.0 Å². The van der Waals surface area contributed by atoms with Crippen LogP contribution in [-0.2, 0) is 9.53 Å². The van der Waals surface area contributed by atoms with Crippen molar-refractivity contribution in [2.45, 2.75) is 0 Å². The van der Waals surface area contributed by atoms with Gasteiger partial charge in [-0.1, -0.05) is 23.2 Å². The molecule has 3 amide bonds. The van der Waals surface area contributed by atoms with Crippen LogP contribution in [0.3, 0.4) is 0 Å². The lowest BCUT2D eigenvalue weighted by molar-refractivity contribution is -0.123. The molecule has 0 unspecified atom stereocenters. The van der Waals surface area contributed by atoms with Crippen LogP contribution >= 0.6 is 23.2 Å². The molecule has 0 spiro atoms. The van der Waals surface area contributed by atoms with Crippen molar-refractivity contribution >= 4 is 41.1 Å². The first-order valence-electron chi connectivity index (χ1n) is 4.61. The summed E-state index contributed by atoms with van der Waals surface area (Å²) in [6, 6.07) is 3.09. The molecule has 0 aromatic heterocycles. The standard InChI is InChI=1S/C10H8Cl2N2O4/c11-6-1-5(2-7(12)3-6)9(16)18-4-8(15)14-10(13)17/h1-3H,4H2,(H3,13,14,15,17). The maximum Gasteiger partial charge on any atom is 0.338 e. The number of rotatable bonds is 3. The fourth-order valence-electron chi connectivity index (χ4n) is 1.06. The van der Waals surface area contributed by atoms with Gasteiger partial charge in [-0.2, -0.15) is 0 Å². The lowest BCUT2D eigenvalue weighted by Crippen LogP contribution is -2.37. The average Bonchev–Trinajstić information content (AvgIpc) is 2.23. The smallest absolute Gasteiger partial charge is 0.338 e. The zero-order valence-corrected chi connectivity index (χ0v) is 10.4. The third-order valence-electron chi connectivity index (χ3n) is 1.70. The minimum Gasteiger partial charge on any atom is -0.452 e. The molecule has 0 saturated carbocycles. The number of amides is 3. The molecule has 96 valence electrons. The summed E-state index contributed by atoms with van der Waals surface area (Å²) in [4.78, 5) is 32.8. The first-order chi connectivity index (χ1) is 8.38. The lowest BCUT2D eigenvalue weighted by atomic mass is 10.2. The topological polar surface area (TPSA) is 98.5 Å². The van der Waals surface area contributed by atoms with Gasteiger partial charge in [0.15, 0.2) is 6.61 Å². The molecule has 1 aromatic rings. The molecule has 0 saturated heterocycles. The van der Waals surface area contributed by atoms with Gasteiger partial charge in [-0.3, -0.25) is 10.1 Å². The third-order valence-corrected chi connectivity index (χ3v) is 2.13. The zero-order chi connectivity index (χ0) is 13.7. The fourth-order valence-corrected chi connectivity index (χ4v) is 1.59. The Morgan fingerprint density at radius 2 is 1.72 bits per heavy atom. The summed E-state index contributed by atoms with van der Waals surface area (Å²) in [6.45, 7) is -0.633. The van der Waals surface area contributed by atoms with Crippen molar-refractivity contribution in [1.82, 2.24) is 5.32 Å². The van der Waals surface area contributed by atoms with Gasteiger partial charge in [0.2, 0.25) is 0 Å². The number of carbonyl (C=O) groups is 3. The van der Waals surface area contributed by atoms with Gasteiger partial charge in [-0.25, -0.2) is 9.59 Å². The molecular formula is C10H8Cl2N2O4. The summed E-state index contributed by atoms with van der Waals surface area (Å²) in [5.41, 5.74) is 4.80. The SMILES string of the molecule is NC(=O)NC(=O)COC(=O)c1cc(Cl)cc(Cl)c1. The zero-order valence-electron chi connectivity index (χ0n) is 8.91. The molecule has 0 aliphatic heterocycles. The van der Waals surface area contributed by atoms with Crippen LogP contribution in [-0.4, -0.2) is 24.5 Å². The van der Waals surface area contributed by atoms with Crippen molar-refractivity contribution in [3.8, 4) is 0 Å². The van der Waals surface area contributed by atoms with Crippen molar-refractivity contribution in [3.05, 3.63) is 33.8 Å². The van der Waals surface area contributed by atoms with Crippen LogP contribution < -0.4 is 11.1 Å². The largest absolute Gasteiger partial charge is 0.452 e. The van der Waals surface area contributed by atoms with Crippen LogP contribution in [0.5, 0.6) is 0 Å². The Bertz CT molecular complexity index is 484. The minimum atomic E-state index is -1.03. The lowest BCUT2D eigenvalue weighted by Gasteiger charge is -2.05. The van der Waals surface area contributed by atoms with Crippen LogP contribution in [0.1, 0.15) is 10.4 Å². The molecule has 1 rings (SSSR count). The van der Waals surface area contributed by atoms with Gasteiger partial charge in [-0.05, 0) is 18.2 Å². The van der Waals surface area contributed by atoms with E-state index < -0.39 is 24.5 Å². The number of primary amides is 1. The second-order valence-corrected chi connectivity index (χ2v) is 4.02. The first-order valence-corrected chi connectivity index (χ1v) is 5.36. The number of ether oxygens (including phenoxy) is 1. The molecule has 1 aromatic carbocycles. The number of carbonyl (C=O) groups excluding carboxylic acids is 3. The molecular weight excluding hydrogens is 283 g/mol. The Balaban J connectivity index is 2.60. The van der Waals surface area contributed by atoms with Gasteiger partial charge in [0.25, 0.3) is 5.91 Å². The molecule has 0 aliphatic rings. The van der Waals surface area contributed by atoms with Crippen molar-refractivity contribution < 1.29 is 19.1 Å². The third kappa shape index (κ3) is 4.60. The van der Waals surface area contributed by atoms with Crippen molar-refractivity contribution in [2.75, 3.05) is 6.61 Å². The number of imide groups is 1. The van der Waals surface area contributed by atoms with Crippen LogP contribution in [0.4, 0.5) is 4.79 Å². The summed E-state index contributed by atoms with van der Waals surface area (Å²) < 4.78 is 4.62. The number of benzene rings is 1. The summed E-state index contributed by atoms with van der Waals surface area (Å²) >= 11 is 11.4. The Hall–Kier alpha value is -1.79. The number of nitrogens with two attached hydrogens (primary N) is 1. The Morgan fingerprint density at radius 1 is 1.17 bits per heavy atom. The molecule has 0 atom stereocenters. The molecule has 18 heavy (non-hydrogen) atoms. The second-order valence-electron chi connectivity index (χ2n) is 3.15. The molecule has 0 aliphatic carbocycles. The van der Waals surface area contributed by atoms with Gasteiger partial charge >= 0.3 is 12.0 Å². The van der Waals surface area contributed by atoms with Gasteiger partial charge in [0, 0.05) is 10.0 Å². The number of esters is 1. The van der Waals surface area contributed by atoms with Crippen molar-refractivity contribution in [3.63, 3.8) is 0 Å². The van der Waals surface area contributed by atoms with E-state index in [1.165, 1.54) is 18.2 Å². The Morgan fingerprint density at radius 3 is 2.22 bits per heavy atom. The Labute approximate surface area is 112 Å². The van der Waals surface area contributed by atoms with E-state index in [0.29, 0.717) is 0 Å². The molecule has 0 fully saturated rings. The highest BCUT2D eigenvalue weighted by atomic mass is 35.5. The van der Waals surface area contributed by atoms with Gasteiger partial charge in [-0.15, -0.1) is 0 Å². The Kier molecular flexibility index (Phi) is 4.94. The highest BCUT2D eigenvalue weighted by Crippen LogP contribution is 2.19. The monoisotopic (exact) mass is 290 g/mol. The van der Waals surface area contributed by atoms with Crippen LogP contribution in [0.25, 0.3) is 0 Å². The van der Waals surface area contributed by atoms with Gasteiger partial charge < -0.3 is 10.5 Å². The number of hydrogen-bond donors (Lipinski definition) is 2. The highest BCUT2D eigenvalue weighted by molar-refractivity contribution is 6.35. The molecule has 0 heterocycles. The van der Waals surface area contributed by atoms with Crippen molar-refractivity contribution in [2.24, 2.45) is 5.73 Å². The quantitative estimate of drug-likeness (QED) is 0.821. The van der Waals surface area contributed by atoms with E-state index in [1.807, 2.05) is 0 Å². The predicted molar refractivity (Wildman–Crippen MR) is 64.5 cm³/mol. The first kappa shape index (κ1) is 14.3. The van der Waals surface area contributed by atoms with E-state index in [4.69, 9.17) is 28.9 Å². The number of hydrogen-bond acceptors (Lipinski definition) is 4. The molecule has 6 nitrogen and oxygen atoms in total. The van der Waals surface area contributed by atoms with E-state index in [0.717, 1.165) is 0 Å². The van der Waals surface area contributed by atoms with Crippen LogP contribution in [0, 0.1) is 0 Å². The minimum absolute atomic E-state index is 0.0966. The maximum atomic E-state index is 11.5. The van der Waals surface area contributed by atoms with E-state index >= 15 is 0 Å². The molecule has 0 radical (unpaired) electrons. The number of urea groups is 1. The predicted octanol–water partition coefficient (Wildman–Crippen LogP) is 1.35. The molecule has 8 heteroatoms. The van der Waals surface area contributed by atoms with Gasteiger partial charge in [0.1, 0.15) is 0 Å². The van der Waals surface area contributed by atoms with E-state index in [1.54, 1.807) is 5.32 Å². The summed E-state index contributed by atoms with van der Waals surface area (Å²) in [7, 11) is 0. The highest BCUT2D eigenvalue weighted by Gasteiger charge is 2.12. The fraction of sp³-hybridized carbons (Fsp3) is 0.100. The van der Waals surface area contributed by atoms with Crippen LogP contribution in [0.15, 0.2) is 18.2 Å². The maximum absolute atomic E-state index is 11.5. The summed E-state index contributed by atoms with van der Waals surface area (Å²) in [6.07, 6.45) is 0.